The van der Waals surface area contributed by atoms with Crippen LogP contribution in [0.5, 0.6) is 0 Å². The number of nitrogens with zero attached hydrogens (tertiary/aromatic N) is 4. The average molecular weight is 320 g/mol. The fourth-order valence-corrected chi connectivity index (χ4v) is 3.72. The summed E-state index contributed by atoms with van der Waals surface area (Å²) in [5.41, 5.74) is 2.75. The lowest BCUT2D eigenvalue weighted by molar-refractivity contribution is -0.00716. The Labute approximate surface area is 138 Å². The maximum Gasteiger partial charge on any atom is 0.272 e. The van der Waals surface area contributed by atoms with Gasteiger partial charge in [-0.25, -0.2) is 0 Å². The van der Waals surface area contributed by atoms with Crippen LogP contribution >= 0.6 is 0 Å². The third-order valence-corrected chi connectivity index (χ3v) is 5.02. The zero-order valence-corrected chi connectivity index (χ0v) is 14.9. The van der Waals surface area contributed by atoms with E-state index < -0.39 is 0 Å². The van der Waals surface area contributed by atoms with Crippen LogP contribution < -0.4 is 0 Å². The Morgan fingerprint density at radius 2 is 1.87 bits per heavy atom. The van der Waals surface area contributed by atoms with Crippen molar-refractivity contribution < 1.29 is 9.53 Å². The van der Waals surface area contributed by atoms with E-state index in [2.05, 4.69) is 30.8 Å². The van der Waals surface area contributed by atoms with Gasteiger partial charge in [0, 0.05) is 51.3 Å². The lowest BCUT2D eigenvalue weighted by Crippen LogP contribution is -2.51. The van der Waals surface area contributed by atoms with Gasteiger partial charge in [0.2, 0.25) is 0 Å². The smallest absolute Gasteiger partial charge is 0.272 e. The van der Waals surface area contributed by atoms with Gasteiger partial charge >= 0.3 is 0 Å². The van der Waals surface area contributed by atoms with Gasteiger partial charge in [-0.05, 0) is 27.7 Å². The first-order chi connectivity index (χ1) is 10.9. The number of hydrogen-bond acceptors (Lipinski definition) is 4. The van der Waals surface area contributed by atoms with Crippen molar-refractivity contribution in [3.8, 4) is 0 Å². The van der Waals surface area contributed by atoms with Crippen LogP contribution in [-0.4, -0.2) is 63.8 Å². The molecule has 6 heteroatoms. The summed E-state index contributed by atoms with van der Waals surface area (Å²) in [6.45, 7) is 11.9. The Hall–Kier alpha value is -1.40. The number of ether oxygens (including phenoxy) is 1. The number of aromatic nitrogens is 2. The average Bonchev–Trinajstić information content (AvgIpc) is 2.83. The van der Waals surface area contributed by atoms with Crippen LogP contribution in [0, 0.1) is 0 Å². The molecule has 0 aliphatic carbocycles. The summed E-state index contributed by atoms with van der Waals surface area (Å²) in [7, 11) is 1.87. The largest absolute Gasteiger partial charge is 0.369 e. The van der Waals surface area contributed by atoms with Crippen molar-refractivity contribution in [1.29, 1.82) is 0 Å². The monoisotopic (exact) mass is 320 g/mol. The topological polar surface area (TPSA) is 50.6 Å². The normalized spacial score (nSPS) is 25.7. The Morgan fingerprint density at radius 3 is 2.48 bits per heavy atom. The number of aryl methyl sites for hydroxylation is 1. The molecular formula is C17H28N4O2. The van der Waals surface area contributed by atoms with Gasteiger partial charge in [0.05, 0.1) is 17.9 Å². The molecule has 0 spiro atoms. The van der Waals surface area contributed by atoms with E-state index >= 15 is 0 Å². The molecule has 2 aliphatic rings. The molecule has 3 rings (SSSR count). The second-order valence-corrected chi connectivity index (χ2v) is 7.05. The Bertz CT molecular complexity index is 588. The molecule has 2 aliphatic heterocycles. The van der Waals surface area contributed by atoms with Crippen LogP contribution in [0.4, 0.5) is 0 Å². The van der Waals surface area contributed by atoms with E-state index in [4.69, 9.17) is 4.74 Å². The lowest BCUT2D eigenvalue weighted by atomic mass is 9.99. The fraction of sp³-hybridized carbons (Fsp3) is 0.765. The van der Waals surface area contributed by atoms with Gasteiger partial charge in [0.25, 0.3) is 5.91 Å². The highest BCUT2D eigenvalue weighted by atomic mass is 16.5. The number of piperazine rings is 1. The van der Waals surface area contributed by atoms with Crippen molar-refractivity contribution in [3.05, 3.63) is 17.0 Å². The van der Waals surface area contributed by atoms with Gasteiger partial charge in [0.1, 0.15) is 5.69 Å². The first kappa shape index (κ1) is 16.5. The second kappa shape index (κ2) is 6.24. The minimum Gasteiger partial charge on any atom is -0.369 e. The number of carbonyl (C=O) groups is 1. The maximum absolute atomic E-state index is 13.0. The summed E-state index contributed by atoms with van der Waals surface area (Å²) in [4.78, 5) is 17.4. The first-order valence-electron chi connectivity index (χ1n) is 8.63. The third-order valence-electron chi connectivity index (χ3n) is 5.02. The van der Waals surface area contributed by atoms with Crippen LogP contribution in [-0.2, 0) is 18.2 Å². The SMILES string of the molecule is CC(C)N1CCN(C(=O)c2c3c(nn2C)[C@H](C)O[C@H](C)C3)CC1. The van der Waals surface area contributed by atoms with Crippen LogP contribution in [0.15, 0.2) is 0 Å². The van der Waals surface area contributed by atoms with Crippen LogP contribution in [0.25, 0.3) is 0 Å². The molecule has 1 aromatic rings. The van der Waals surface area contributed by atoms with E-state index in [0.29, 0.717) is 6.04 Å². The van der Waals surface area contributed by atoms with E-state index in [1.165, 1.54) is 0 Å². The van der Waals surface area contributed by atoms with Crippen molar-refractivity contribution in [2.75, 3.05) is 26.2 Å². The van der Waals surface area contributed by atoms with E-state index in [1.807, 2.05) is 18.9 Å². The highest BCUT2D eigenvalue weighted by molar-refractivity contribution is 5.94. The molecule has 2 atom stereocenters. The van der Waals surface area contributed by atoms with Gasteiger partial charge in [-0.15, -0.1) is 0 Å². The van der Waals surface area contributed by atoms with Gasteiger partial charge in [-0.3, -0.25) is 14.4 Å². The molecule has 0 bridgehead atoms. The fourth-order valence-electron chi connectivity index (χ4n) is 3.72. The minimum absolute atomic E-state index is 0.0423. The van der Waals surface area contributed by atoms with E-state index in [0.717, 1.165) is 49.6 Å². The van der Waals surface area contributed by atoms with Crippen molar-refractivity contribution in [3.63, 3.8) is 0 Å². The molecule has 0 saturated carbocycles. The molecule has 1 fully saturated rings. The van der Waals surface area contributed by atoms with Crippen molar-refractivity contribution in [1.82, 2.24) is 19.6 Å². The van der Waals surface area contributed by atoms with E-state index in [1.54, 1.807) is 4.68 Å². The van der Waals surface area contributed by atoms with Crippen LogP contribution in [0.2, 0.25) is 0 Å². The minimum atomic E-state index is -0.0423. The molecule has 0 N–H and O–H groups in total. The number of fused-ring (bicyclic) bond motifs is 1. The van der Waals surface area contributed by atoms with Gasteiger partial charge < -0.3 is 9.64 Å². The Balaban J connectivity index is 1.81. The molecule has 1 saturated heterocycles. The lowest BCUT2D eigenvalue weighted by Gasteiger charge is -2.37. The highest BCUT2D eigenvalue weighted by Crippen LogP contribution is 2.31. The Kier molecular flexibility index (Phi) is 4.47. The second-order valence-electron chi connectivity index (χ2n) is 7.05. The quantitative estimate of drug-likeness (QED) is 0.831. The summed E-state index contributed by atoms with van der Waals surface area (Å²) >= 11 is 0. The zero-order chi connectivity index (χ0) is 16.7. The Morgan fingerprint density at radius 1 is 1.22 bits per heavy atom. The molecule has 3 heterocycles. The van der Waals surface area contributed by atoms with Crippen molar-refractivity contribution >= 4 is 5.91 Å². The summed E-state index contributed by atoms with van der Waals surface area (Å²) in [5.74, 6) is 0.117. The molecule has 1 aromatic heterocycles. The highest BCUT2D eigenvalue weighted by Gasteiger charge is 2.33. The summed E-state index contributed by atoms with van der Waals surface area (Å²) in [6, 6.07) is 0.538. The summed E-state index contributed by atoms with van der Waals surface area (Å²) in [5, 5.41) is 4.56. The van der Waals surface area contributed by atoms with Gasteiger partial charge in [-0.1, -0.05) is 0 Å². The standard InChI is InChI=1S/C17H28N4O2/c1-11(2)20-6-8-21(9-7-20)17(22)16-14-10-12(3)23-13(4)15(14)18-19(16)5/h11-13H,6-10H2,1-5H3/t12-,13+/m1/s1. The van der Waals surface area contributed by atoms with Crippen molar-refractivity contribution in [2.24, 2.45) is 7.05 Å². The number of carbonyl (C=O) groups excluding carboxylic acids is 1. The molecule has 23 heavy (non-hydrogen) atoms. The summed E-state index contributed by atoms with van der Waals surface area (Å²) in [6.07, 6.45) is 0.853. The maximum atomic E-state index is 13.0. The van der Waals surface area contributed by atoms with Gasteiger partial charge in [0.15, 0.2) is 0 Å². The molecular weight excluding hydrogens is 292 g/mol. The van der Waals surface area contributed by atoms with E-state index in [-0.39, 0.29) is 18.1 Å². The number of rotatable bonds is 2. The third kappa shape index (κ3) is 3.02. The number of hydrogen-bond donors (Lipinski definition) is 0. The first-order valence-corrected chi connectivity index (χ1v) is 8.63. The van der Waals surface area contributed by atoms with Crippen LogP contribution in [0.3, 0.4) is 0 Å². The molecule has 0 unspecified atom stereocenters. The van der Waals surface area contributed by atoms with Crippen molar-refractivity contribution in [2.45, 2.75) is 52.4 Å². The van der Waals surface area contributed by atoms with E-state index in [9.17, 15) is 4.79 Å². The molecule has 0 aromatic carbocycles. The molecule has 1 amide bonds. The predicted octanol–water partition coefficient (Wildman–Crippen LogP) is 1.61. The molecule has 128 valence electrons. The predicted molar refractivity (Wildman–Crippen MR) is 88.5 cm³/mol. The van der Waals surface area contributed by atoms with Gasteiger partial charge in [-0.2, -0.15) is 5.10 Å². The zero-order valence-electron chi connectivity index (χ0n) is 14.9. The summed E-state index contributed by atoms with van der Waals surface area (Å²) < 4.78 is 7.59. The molecule has 0 radical (unpaired) electrons. The van der Waals surface area contributed by atoms with Crippen LogP contribution in [0.1, 0.15) is 55.5 Å². The number of amides is 1. The molecule has 6 nitrogen and oxygen atoms in total.